The molecule has 0 radical (unpaired) electrons. The second kappa shape index (κ2) is 11.1. The van der Waals surface area contributed by atoms with E-state index in [9.17, 15) is 19.3 Å². The number of amides is 1. The summed E-state index contributed by atoms with van der Waals surface area (Å²) in [5, 5.41) is 12.4. The fourth-order valence-electron chi connectivity index (χ4n) is 5.33. The fraction of sp³-hybridized carbons (Fsp3) is 0.300. The zero-order valence-corrected chi connectivity index (χ0v) is 21.4. The number of nitro groups is 1. The number of carbonyl (C=O) groups is 1. The summed E-state index contributed by atoms with van der Waals surface area (Å²) < 4.78 is 15.9. The lowest BCUT2D eigenvalue weighted by Gasteiger charge is -2.34. The average molecular weight is 515 g/mol. The molecule has 1 aliphatic rings. The van der Waals surface area contributed by atoms with Gasteiger partial charge < -0.3 is 14.4 Å². The van der Waals surface area contributed by atoms with Gasteiger partial charge in [-0.1, -0.05) is 49.4 Å². The van der Waals surface area contributed by atoms with Crippen molar-refractivity contribution in [1.82, 2.24) is 14.4 Å². The van der Waals surface area contributed by atoms with Gasteiger partial charge >= 0.3 is 0 Å². The van der Waals surface area contributed by atoms with Gasteiger partial charge in [0.2, 0.25) is 5.91 Å². The Kier molecular flexibility index (Phi) is 7.51. The Morgan fingerprint density at radius 1 is 1.00 bits per heavy atom. The Balaban J connectivity index is 1.57. The molecule has 8 heteroatoms. The van der Waals surface area contributed by atoms with E-state index in [0.717, 1.165) is 47.2 Å². The first kappa shape index (κ1) is 25.6. The van der Waals surface area contributed by atoms with E-state index in [4.69, 9.17) is 0 Å². The molecular weight excluding hydrogens is 483 g/mol. The smallest absolute Gasteiger partial charge is 0.270 e. The molecule has 1 aliphatic heterocycles. The third kappa shape index (κ3) is 5.45. The first-order valence-corrected chi connectivity index (χ1v) is 13.0. The lowest BCUT2D eigenvalue weighted by molar-refractivity contribution is -0.384. The average Bonchev–Trinajstić information content (AvgIpc) is 3.30. The minimum absolute atomic E-state index is 0.00363. The van der Waals surface area contributed by atoms with Crippen LogP contribution in [0.15, 0.2) is 79.0 Å². The molecule has 0 N–H and O–H groups in total. The van der Waals surface area contributed by atoms with Crippen LogP contribution in [0, 0.1) is 15.9 Å². The Bertz CT molecular complexity index is 1430. The minimum atomic E-state index is -0.400. The summed E-state index contributed by atoms with van der Waals surface area (Å²) >= 11 is 0. The van der Waals surface area contributed by atoms with E-state index in [1.165, 1.54) is 18.2 Å². The van der Waals surface area contributed by atoms with E-state index in [1.54, 1.807) is 24.3 Å². The molecule has 4 aromatic rings. The number of rotatable bonds is 8. The van der Waals surface area contributed by atoms with Crippen LogP contribution in [0.3, 0.4) is 0 Å². The van der Waals surface area contributed by atoms with Crippen molar-refractivity contribution in [3.05, 3.63) is 112 Å². The van der Waals surface area contributed by atoms with Crippen LogP contribution in [0.5, 0.6) is 0 Å². The molecule has 0 spiro atoms. The number of likely N-dealkylation sites (N-methyl/N-ethyl adjacent to an activating group) is 1. The first-order valence-electron chi connectivity index (χ1n) is 13.0. The number of piperazine rings is 1. The molecule has 38 heavy (non-hydrogen) atoms. The number of carbonyl (C=O) groups excluding carboxylic acids is 1. The molecule has 1 aromatic heterocycles. The normalized spacial score (nSPS) is 15.1. The largest absolute Gasteiger partial charge is 0.343 e. The maximum Gasteiger partial charge on any atom is 0.270 e. The summed E-state index contributed by atoms with van der Waals surface area (Å²) in [6.07, 6.45) is 2.20. The predicted molar refractivity (Wildman–Crippen MR) is 146 cm³/mol. The zero-order chi connectivity index (χ0) is 26.6. The molecule has 1 saturated heterocycles. The van der Waals surface area contributed by atoms with Crippen molar-refractivity contribution in [2.24, 2.45) is 0 Å². The van der Waals surface area contributed by atoms with Crippen LogP contribution in [-0.4, -0.2) is 57.9 Å². The van der Waals surface area contributed by atoms with Gasteiger partial charge in [-0.2, -0.15) is 0 Å². The molecule has 2 heterocycles. The number of aromatic nitrogens is 1. The lowest BCUT2D eigenvalue weighted by atomic mass is 9.87. The van der Waals surface area contributed by atoms with Crippen LogP contribution >= 0.6 is 0 Å². The minimum Gasteiger partial charge on any atom is -0.343 e. The van der Waals surface area contributed by atoms with Crippen LogP contribution in [-0.2, 0) is 11.3 Å². The lowest BCUT2D eigenvalue weighted by Crippen LogP contribution is -2.48. The van der Waals surface area contributed by atoms with Gasteiger partial charge in [-0.15, -0.1) is 0 Å². The monoisotopic (exact) mass is 514 g/mol. The molecule has 5 rings (SSSR count). The van der Waals surface area contributed by atoms with Crippen molar-refractivity contribution in [3.8, 4) is 0 Å². The van der Waals surface area contributed by atoms with Crippen molar-refractivity contribution in [3.63, 3.8) is 0 Å². The molecule has 196 valence electrons. The summed E-state index contributed by atoms with van der Waals surface area (Å²) in [6, 6.07) is 21.1. The van der Waals surface area contributed by atoms with Gasteiger partial charge in [-0.05, 0) is 41.4 Å². The topological polar surface area (TPSA) is 71.6 Å². The molecule has 0 unspecified atom stereocenters. The highest BCUT2D eigenvalue weighted by Gasteiger charge is 2.28. The Morgan fingerprint density at radius 3 is 2.37 bits per heavy atom. The Hall–Kier alpha value is -4.04. The van der Waals surface area contributed by atoms with Gasteiger partial charge in [0.05, 0.1) is 4.92 Å². The third-order valence-corrected chi connectivity index (χ3v) is 7.50. The first-order chi connectivity index (χ1) is 18.4. The van der Waals surface area contributed by atoms with Gasteiger partial charge in [0.25, 0.3) is 5.69 Å². The Morgan fingerprint density at radius 2 is 1.71 bits per heavy atom. The molecule has 1 amide bonds. The van der Waals surface area contributed by atoms with Crippen molar-refractivity contribution >= 4 is 22.5 Å². The zero-order valence-electron chi connectivity index (χ0n) is 21.4. The molecule has 1 fully saturated rings. The maximum atomic E-state index is 13.9. The van der Waals surface area contributed by atoms with Crippen molar-refractivity contribution in [2.45, 2.75) is 25.8 Å². The molecule has 0 bridgehead atoms. The molecule has 1 atom stereocenters. The highest BCUT2D eigenvalue weighted by molar-refractivity contribution is 5.88. The number of non-ortho nitro benzene ring substituents is 1. The van der Waals surface area contributed by atoms with Crippen LogP contribution in [0.4, 0.5) is 10.1 Å². The second-order valence-corrected chi connectivity index (χ2v) is 9.78. The van der Waals surface area contributed by atoms with Gasteiger partial charge in [-0.3, -0.25) is 14.9 Å². The van der Waals surface area contributed by atoms with E-state index in [1.807, 2.05) is 41.4 Å². The van der Waals surface area contributed by atoms with E-state index in [0.29, 0.717) is 19.6 Å². The van der Waals surface area contributed by atoms with Crippen LogP contribution < -0.4 is 0 Å². The van der Waals surface area contributed by atoms with Gasteiger partial charge in [-0.25, -0.2) is 4.39 Å². The summed E-state index contributed by atoms with van der Waals surface area (Å²) in [6.45, 7) is 6.68. The Labute approximate surface area is 221 Å². The quantitative estimate of drug-likeness (QED) is 0.232. The number of hydrogen-bond acceptors (Lipinski definition) is 4. The number of fused-ring (bicyclic) bond motifs is 1. The summed E-state index contributed by atoms with van der Waals surface area (Å²) in [5.74, 6) is -0.699. The third-order valence-electron chi connectivity index (χ3n) is 7.50. The van der Waals surface area contributed by atoms with Crippen LogP contribution in [0.25, 0.3) is 10.9 Å². The highest BCUT2D eigenvalue weighted by Crippen LogP contribution is 2.37. The van der Waals surface area contributed by atoms with E-state index in [2.05, 4.69) is 16.4 Å². The number of nitro benzene ring substituents is 1. The fourth-order valence-corrected chi connectivity index (χ4v) is 5.33. The van der Waals surface area contributed by atoms with Gasteiger partial charge in [0.15, 0.2) is 0 Å². The molecule has 3 aromatic carbocycles. The summed E-state index contributed by atoms with van der Waals surface area (Å²) in [7, 11) is 0. The number of benzene rings is 3. The van der Waals surface area contributed by atoms with Crippen molar-refractivity contribution < 1.29 is 14.1 Å². The van der Waals surface area contributed by atoms with Crippen LogP contribution in [0.1, 0.15) is 36.0 Å². The standard InChI is InChI=1S/C30H31FN4O3/c1-2-32-14-16-33(17-15-32)30(36)19-26(23-8-10-24(31)11-9-23)28-21-34(20-22-6-4-3-5-7-22)29-13-12-25(35(37)38)18-27(28)29/h3-13,18,21,26H,2,14-17,19-20H2,1H3/t26-/m0/s1. The second-order valence-electron chi connectivity index (χ2n) is 9.78. The SMILES string of the molecule is CCN1CCN(C(=O)C[C@@H](c2ccc(F)cc2)c2cn(Cc3ccccc3)c3ccc([N+](=O)[O-])cc23)CC1. The van der Waals surface area contributed by atoms with E-state index in [-0.39, 0.29) is 29.8 Å². The van der Waals surface area contributed by atoms with Crippen LogP contribution in [0.2, 0.25) is 0 Å². The summed E-state index contributed by atoms with van der Waals surface area (Å²) in [5.41, 5.74) is 3.57. The maximum absolute atomic E-state index is 13.9. The van der Waals surface area contributed by atoms with E-state index < -0.39 is 4.92 Å². The molecule has 0 aliphatic carbocycles. The molecule has 0 saturated carbocycles. The van der Waals surface area contributed by atoms with Crippen molar-refractivity contribution in [2.75, 3.05) is 32.7 Å². The van der Waals surface area contributed by atoms with Crippen molar-refractivity contribution in [1.29, 1.82) is 0 Å². The van der Waals surface area contributed by atoms with Gasteiger partial charge in [0, 0.05) is 74.3 Å². The summed E-state index contributed by atoms with van der Waals surface area (Å²) in [4.78, 5) is 29.0. The highest BCUT2D eigenvalue weighted by atomic mass is 19.1. The molecular formula is C30H31FN4O3. The number of nitrogens with zero attached hydrogens (tertiary/aromatic N) is 4. The molecule has 7 nitrogen and oxygen atoms in total. The van der Waals surface area contributed by atoms with E-state index >= 15 is 0 Å². The van der Waals surface area contributed by atoms with Gasteiger partial charge in [0.1, 0.15) is 5.82 Å². The number of hydrogen-bond donors (Lipinski definition) is 0. The predicted octanol–water partition coefficient (Wildman–Crippen LogP) is 5.42. The number of halogens is 1.